The minimum absolute atomic E-state index is 0. The van der Waals surface area contributed by atoms with Crippen LogP contribution in [-0.4, -0.2) is 25.1 Å². The zero-order chi connectivity index (χ0) is 14.2. The summed E-state index contributed by atoms with van der Waals surface area (Å²) in [7, 11) is 0. The highest BCUT2D eigenvalue weighted by atomic mass is 35.5. The number of nitrogens with one attached hydrogen (secondary N) is 2. The van der Waals surface area contributed by atoms with Gasteiger partial charge in [0, 0.05) is 12.5 Å². The van der Waals surface area contributed by atoms with Crippen LogP contribution in [0.25, 0.3) is 0 Å². The van der Waals surface area contributed by atoms with Crippen molar-refractivity contribution >= 4 is 24.0 Å². The number of anilines is 1. The molecular formula is C16H25ClN2O2. The van der Waals surface area contributed by atoms with Crippen molar-refractivity contribution in [3.63, 3.8) is 0 Å². The van der Waals surface area contributed by atoms with Crippen LogP contribution in [-0.2, 0) is 4.79 Å². The normalized spacial score (nSPS) is 17.1. The van der Waals surface area contributed by atoms with Crippen LogP contribution >= 0.6 is 12.4 Å². The number of ether oxygens (including phenoxy) is 1. The Hall–Kier alpha value is -1.26. The molecular weight excluding hydrogens is 288 g/mol. The molecule has 1 atom stereocenters. The van der Waals surface area contributed by atoms with Gasteiger partial charge >= 0.3 is 0 Å². The van der Waals surface area contributed by atoms with Crippen molar-refractivity contribution in [1.82, 2.24) is 5.32 Å². The molecule has 4 nitrogen and oxygen atoms in total. The smallest absolute Gasteiger partial charge is 0.224 e. The average molecular weight is 313 g/mol. The second-order valence-corrected chi connectivity index (χ2v) is 5.22. The van der Waals surface area contributed by atoms with Crippen LogP contribution in [0, 0.1) is 0 Å². The molecule has 1 unspecified atom stereocenters. The largest absolute Gasteiger partial charge is 0.491 e. The van der Waals surface area contributed by atoms with Gasteiger partial charge in [0.25, 0.3) is 0 Å². The van der Waals surface area contributed by atoms with Gasteiger partial charge in [-0.2, -0.15) is 0 Å². The molecule has 0 radical (unpaired) electrons. The van der Waals surface area contributed by atoms with Crippen LogP contribution in [0.2, 0.25) is 0 Å². The van der Waals surface area contributed by atoms with E-state index in [1.54, 1.807) is 0 Å². The molecule has 1 fully saturated rings. The van der Waals surface area contributed by atoms with Crippen molar-refractivity contribution in [1.29, 1.82) is 0 Å². The molecule has 1 saturated heterocycles. The molecule has 2 N–H and O–H groups in total. The Bertz CT molecular complexity index is 434. The third-order valence-electron chi connectivity index (χ3n) is 3.51. The number of amides is 1. The summed E-state index contributed by atoms with van der Waals surface area (Å²) in [6.45, 7) is 3.81. The van der Waals surface area contributed by atoms with Crippen molar-refractivity contribution in [2.24, 2.45) is 0 Å². The minimum atomic E-state index is 0. The van der Waals surface area contributed by atoms with Gasteiger partial charge in [-0.1, -0.05) is 19.1 Å². The number of hydrogen-bond donors (Lipinski definition) is 2. The molecule has 1 aromatic rings. The van der Waals surface area contributed by atoms with E-state index in [0.29, 0.717) is 19.1 Å². The Labute approximate surface area is 133 Å². The fourth-order valence-electron chi connectivity index (χ4n) is 2.43. The first-order valence-electron chi connectivity index (χ1n) is 7.54. The average Bonchev–Trinajstić information content (AvgIpc) is 2.97. The van der Waals surface area contributed by atoms with Crippen molar-refractivity contribution in [3.05, 3.63) is 24.3 Å². The van der Waals surface area contributed by atoms with Gasteiger partial charge in [-0.05, 0) is 44.4 Å². The molecule has 0 bridgehead atoms. The van der Waals surface area contributed by atoms with Crippen molar-refractivity contribution < 1.29 is 9.53 Å². The first kappa shape index (κ1) is 17.8. The standard InChI is InChI=1S/C16H24N2O2.ClH/c1-2-12-20-15-8-4-3-7-14(15)18-16(19)10-9-13-6-5-11-17-13;/h3-4,7-8,13,17H,2,5-6,9-12H2,1H3,(H,18,19);1H. The lowest BCUT2D eigenvalue weighted by Gasteiger charge is -2.13. The SMILES string of the molecule is CCCOc1ccccc1NC(=O)CCC1CCCN1.Cl. The summed E-state index contributed by atoms with van der Waals surface area (Å²) in [6.07, 6.45) is 4.82. The van der Waals surface area contributed by atoms with E-state index >= 15 is 0 Å². The zero-order valence-electron chi connectivity index (χ0n) is 12.6. The summed E-state index contributed by atoms with van der Waals surface area (Å²) < 4.78 is 5.64. The number of halogens is 1. The maximum Gasteiger partial charge on any atom is 0.224 e. The van der Waals surface area contributed by atoms with Gasteiger partial charge in [0.1, 0.15) is 5.75 Å². The van der Waals surface area contributed by atoms with Gasteiger partial charge in [0.05, 0.1) is 12.3 Å². The molecule has 1 aliphatic heterocycles. The molecule has 21 heavy (non-hydrogen) atoms. The Morgan fingerprint density at radius 1 is 1.43 bits per heavy atom. The summed E-state index contributed by atoms with van der Waals surface area (Å²) in [5.74, 6) is 0.813. The van der Waals surface area contributed by atoms with Crippen molar-refractivity contribution in [2.45, 2.75) is 45.1 Å². The highest BCUT2D eigenvalue weighted by Gasteiger charge is 2.15. The predicted molar refractivity (Wildman–Crippen MR) is 88.4 cm³/mol. The molecule has 0 saturated carbocycles. The number of benzene rings is 1. The summed E-state index contributed by atoms with van der Waals surface area (Å²) in [4.78, 5) is 12.0. The lowest BCUT2D eigenvalue weighted by molar-refractivity contribution is -0.116. The van der Waals surface area contributed by atoms with Crippen LogP contribution in [0.1, 0.15) is 39.0 Å². The van der Waals surface area contributed by atoms with E-state index in [1.807, 2.05) is 24.3 Å². The number of carbonyl (C=O) groups is 1. The zero-order valence-corrected chi connectivity index (χ0v) is 13.4. The molecule has 1 aromatic carbocycles. The maximum absolute atomic E-state index is 12.0. The molecule has 118 valence electrons. The van der Waals surface area contributed by atoms with Crippen LogP contribution in [0.5, 0.6) is 5.75 Å². The molecule has 2 rings (SSSR count). The highest BCUT2D eigenvalue weighted by Crippen LogP contribution is 2.24. The lowest BCUT2D eigenvalue weighted by Crippen LogP contribution is -2.23. The topological polar surface area (TPSA) is 50.4 Å². The van der Waals surface area contributed by atoms with Crippen molar-refractivity contribution in [2.75, 3.05) is 18.5 Å². The number of hydrogen-bond acceptors (Lipinski definition) is 3. The van der Waals surface area contributed by atoms with Gasteiger partial charge in [0.2, 0.25) is 5.91 Å². The van der Waals surface area contributed by atoms with Crippen LogP contribution in [0.3, 0.4) is 0 Å². The van der Waals surface area contributed by atoms with Crippen LogP contribution in [0.4, 0.5) is 5.69 Å². The summed E-state index contributed by atoms with van der Waals surface area (Å²) in [6, 6.07) is 8.11. The third-order valence-corrected chi connectivity index (χ3v) is 3.51. The van der Waals surface area contributed by atoms with Gasteiger partial charge in [-0.25, -0.2) is 0 Å². The van der Waals surface area contributed by atoms with Gasteiger partial charge in [-0.3, -0.25) is 4.79 Å². The van der Waals surface area contributed by atoms with E-state index in [2.05, 4.69) is 17.6 Å². The predicted octanol–water partition coefficient (Wildman–Crippen LogP) is 3.37. The Balaban J connectivity index is 0.00000220. The number of para-hydroxylation sites is 2. The summed E-state index contributed by atoms with van der Waals surface area (Å²) in [5.41, 5.74) is 0.769. The van der Waals surface area contributed by atoms with E-state index < -0.39 is 0 Å². The first-order valence-corrected chi connectivity index (χ1v) is 7.54. The van der Waals surface area contributed by atoms with Gasteiger partial charge in [-0.15, -0.1) is 12.4 Å². The second kappa shape index (κ2) is 9.64. The summed E-state index contributed by atoms with van der Waals surface area (Å²) in [5, 5.41) is 6.36. The fourth-order valence-corrected chi connectivity index (χ4v) is 2.43. The molecule has 0 aliphatic carbocycles. The number of rotatable bonds is 7. The van der Waals surface area contributed by atoms with Crippen LogP contribution in [0.15, 0.2) is 24.3 Å². The third kappa shape index (κ3) is 5.94. The van der Waals surface area contributed by atoms with E-state index in [0.717, 1.165) is 30.8 Å². The van der Waals surface area contributed by atoms with Crippen LogP contribution < -0.4 is 15.4 Å². The molecule has 1 amide bonds. The van der Waals surface area contributed by atoms with E-state index in [4.69, 9.17) is 4.74 Å². The van der Waals surface area contributed by atoms with E-state index in [1.165, 1.54) is 12.8 Å². The Kier molecular flexibility index (Phi) is 8.16. The van der Waals surface area contributed by atoms with Crippen molar-refractivity contribution in [3.8, 4) is 5.75 Å². The van der Waals surface area contributed by atoms with E-state index in [-0.39, 0.29) is 18.3 Å². The molecule has 5 heteroatoms. The first-order chi connectivity index (χ1) is 9.79. The molecule has 1 aliphatic rings. The van der Waals surface area contributed by atoms with Gasteiger partial charge < -0.3 is 15.4 Å². The summed E-state index contributed by atoms with van der Waals surface area (Å²) >= 11 is 0. The molecule has 0 aromatic heterocycles. The lowest BCUT2D eigenvalue weighted by atomic mass is 10.1. The van der Waals surface area contributed by atoms with E-state index in [9.17, 15) is 4.79 Å². The maximum atomic E-state index is 12.0. The Morgan fingerprint density at radius 2 is 2.24 bits per heavy atom. The minimum Gasteiger partial charge on any atom is -0.491 e. The molecule has 0 spiro atoms. The quantitative estimate of drug-likeness (QED) is 0.811. The molecule has 1 heterocycles. The Morgan fingerprint density at radius 3 is 2.95 bits per heavy atom. The highest BCUT2D eigenvalue weighted by molar-refractivity contribution is 5.92. The monoisotopic (exact) mass is 312 g/mol. The van der Waals surface area contributed by atoms with Gasteiger partial charge in [0.15, 0.2) is 0 Å². The second-order valence-electron chi connectivity index (χ2n) is 5.22. The number of carbonyl (C=O) groups excluding carboxylic acids is 1. The fraction of sp³-hybridized carbons (Fsp3) is 0.562.